The number of likely N-dealkylation sites (N-methyl/N-ethyl adjacent to an activating group) is 1. The van der Waals surface area contributed by atoms with Gasteiger partial charge in [-0.15, -0.1) is 0 Å². The van der Waals surface area contributed by atoms with Crippen molar-refractivity contribution >= 4 is 11.8 Å². The molecule has 0 aromatic rings. The van der Waals surface area contributed by atoms with Crippen LogP contribution < -0.4 is 5.73 Å². The summed E-state index contributed by atoms with van der Waals surface area (Å²) in [7, 11) is 3.38. The second-order valence-corrected chi connectivity index (χ2v) is 6.28. The van der Waals surface area contributed by atoms with Crippen molar-refractivity contribution in [3.8, 4) is 0 Å². The minimum absolute atomic E-state index is 0.0422. The molecule has 0 spiro atoms. The maximum atomic E-state index is 12.2. The summed E-state index contributed by atoms with van der Waals surface area (Å²) in [6, 6.07) is -0.200. The van der Waals surface area contributed by atoms with Crippen LogP contribution in [0.3, 0.4) is 0 Å². The highest BCUT2D eigenvalue weighted by molar-refractivity contribution is 5.84. The van der Waals surface area contributed by atoms with E-state index in [2.05, 4.69) is 0 Å². The first-order valence-electron chi connectivity index (χ1n) is 6.83. The Balaban J connectivity index is 4.62. The second kappa shape index (κ2) is 7.48. The fourth-order valence-electron chi connectivity index (χ4n) is 1.49. The quantitative estimate of drug-likeness (QED) is 0.786. The summed E-state index contributed by atoms with van der Waals surface area (Å²) in [4.78, 5) is 27.0. The molecule has 2 N–H and O–H groups in total. The van der Waals surface area contributed by atoms with Gasteiger partial charge >= 0.3 is 0 Å². The van der Waals surface area contributed by atoms with Crippen molar-refractivity contribution in [2.45, 2.75) is 46.6 Å². The third-order valence-corrected chi connectivity index (χ3v) is 3.18. The van der Waals surface area contributed by atoms with E-state index >= 15 is 0 Å². The number of hydrogen-bond acceptors (Lipinski definition) is 3. The Bertz CT molecular complexity index is 308. The number of nitrogens with two attached hydrogens (primary N) is 1. The van der Waals surface area contributed by atoms with E-state index in [-0.39, 0.29) is 36.2 Å². The van der Waals surface area contributed by atoms with Crippen molar-refractivity contribution in [3.05, 3.63) is 0 Å². The zero-order chi connectivity index (χ0) is 15.2. The van der Waals surface area contributed by atoms with Gasteiger partial charge in [0.05, 0.1) is 6.54 Å². The molecular formula is C14H29N3O2. The molecule has 0 rings (SSSR count). The number of nitrogens with zero attached hydrogens (tertiary/aromatic N) is 2. The molecule has 19 heavy (non-hydrogen) atoms. The Labute approximate surface area is 117 Å². The molecule has 1 unspecified atom stereocenters. The van der Waals surface area contributed by atoms with Crippen LogP contribution in [0.15, 0.2) is 0 Å². The molecule has 0 aromatic carbocycles. The van der Waals surface area contributed by atoms with Crippen LogP contribution in [0.2, 0.25) is 0 Å². The monoisotopic (exact) mass is 271 g/mol. The van der Waals surface area contributed by atoms with Gasteiger partial charge in [0.25, 0.3) is 0 Å². The van der Waals surface area contributed by atoms with Crippen LogP contribution in [0, 0.1) is 5.41 Å². The lowest BCUT2D eigenvalue weighted by atomic mass is 9.85. The number of amides is 2. The molecule has 0 aromatic heterocycles. The van der Waals surface area contributed by atoms with Crippen LogP contribution in [0.1, 0.15) is 40.5 Å². The Morgan fingerprint density at radius 2 is 1.68 bits per heavy atom. The predicted octanol–water partition coefficient (Wildman–Crippen LogP) is 1.08. The summed E-state index contributed by atoms with van der Waals surface area (Å²) < 4.78 is 0. The SMILES string of the molecule is CCCN(CC(=O)N(C)C)C(=O)CC(N)C(C)(C)C. The number of hydrogen-bond donors (Lipinski definition) is 1. The van der Waals surface area contributed by atoms with Gasteiger partial charge in [-0.25, -0.2) is 0 Å². The molecule has 0 aliphatic rings. The first-order valence-corrected chi connectivity index (χ1v) is 6.83. The molecule has 0 saturated carbocycles. The van der Waals surface area contributed by atoms with Crippen molar-refractivity contribution in [2.75, 3.05) is 27.2 Å². The first-order chi connectivity index (χ1) is 8.59. The van der Waals surface area contributed by atoms with Crippen molar-refractivity contribution in [1.82, 2.24) is 9.80 Å². The van der Waals surface area contributed by atoms with E-state index in [9.17, 15) is 9.59 Å². The van der Waals surface area contributed by atoms with Crippen molar-refractivity contribution in [1.29, 1.82) is 0 Å². The van der Waals surface area contributed by atoms with Crippen molar-refractivity contribution < 1.29 is 9.59 Å². The fraction of sp³-hybridized carbons (Fsp3) is 0.857. The van der Waals surface area contributed by atoms with Crippen molar-refractivity contribution in [3.63, 3.8) is 0 Å². The lowest BCUT2D eigenvalue weighted by Crippen LogP contribution is -2.45. The third-order valence-electron chi connectivity index (χ3n) is 3.18. The molecule has 0 aliphatic heterocycles. The Hall–Kier alpha value is -1.10. The maximum Gasteiger partial charge on any atom is 0.241 e. The molecule has 0 bridgehead atoms. The number of carbonyl (C=O) groups is 2. The van der Waals surface area contributed by atoms with E-state index in [0.717, 1.165) is 6.42 Å². The summed E-state index contributed by atoms with van der Waals surface area (Å²) >= 11 is 0. The average molecular weight is 271 g/mol. The van der Waals surface area contributed by atoms with E-state index in [4.69, 9.17) is 5.73 Å². The van der Waals surface area contributed by atoms with Gasteiger partial charge in [0, 0.05) is 33.1 Å². The smallest absolute Gasteiger partial charge is 0.241 e. The summed E-state index contributed by atoms with van der Waals surface area (Å²) in [6.07, 6.45) is 1.11. The van der Waals surface area contributed by atoms with Crippen LogP contribution >= 0.6 is 0 Å². The van der Waals surface area contributed by atoms with Gasteiger partial charge in [0.15, 0.2) is 0 Å². The predicted molar refractivity (Wildman–Crippen MR) is 77.6 cm³/mol. The van der Waals surface area contributed by atoms with Crippen LogP contribution in [-0.2, 0) is 9.59 Å². The Morgan fingerprint density at radius 3 is 2.05 bits per heavy atom. The summed E-state index contributed by atoms with van der Waals surface area (Å²) in [5, 5.41) is 0. The molecule has 0 aliphatic carbocycles. The van der Waals surface area contributed by atoms with Crippen LogP contribution in [0.5, 0.6) is 0 Å². The first kappa shape index (κ1) is 17.9. The van der Waals surface area contributed by atoms with E-state index in [1.807, 2.05) is 27.7 Å². The second-order valence-electron chi connectivity index (χ2n) is 6.28. The Kier molecular flexibility index (Phi) is 7.05. The van der Waals surface area contributed by atoms with Crippen LogP contribution in [0.25, 0.3) is 0 Å². The molecular weight excluding hydrogens is 242 g/mol. The largest absolute Gasteiger partial charge is 0.347 e. The highest BCUT2D eigenvalue weighted by Gasteiger charge is 2.26. The number of rotatable bonds is 6. The maximum absolute atomic E-state index is 12.2. The molecule has 5 nitrogen and oxygen atoms in total. The molecule has 112 valence electrons. The van der Waals surface area contributed by atoms with Gasteiger partial charge in [-0.3, -0.25) is 9.59 Å². The minimum Gasteiger partial charge on any atom is -0.347 e. The van der Waals surface area contributed by atoms with Gasteiger partial charge in [-0.1, -0.05) is 27.7 Å². The van der Waals surface area contributed by atoms with E-state index in [0.29, 0.717) is 6.54 Å². The molecule has 5 heteroatoms. The molecule has 0 fully saturated rings. The molecule has 1 atom stereocenters. The minimum atomic E-state index is -0.200. The molecule has 0 radical (unpaired) electrons. The summed E-state index contributed by atoms with van der Waals surface area (Å²) in [5.74, 6) is -0.106. The fourth-order valence-corrected chi connectivity index (χ4v) is 1.49. The molecule has 0 heterocycles. The summed E-state index contributed by atoms with van der Waals surface area (Å²) in [5.41, 5.74) is 5.92. The lowest BCUT2D eigenvalue weighted by molar-refractivity contribution is -0.139. The van der Waals surface area contributed by atoms with Crippen LogP contribution in [0.4, 0.5) is 0 Å². The van der Waals surface area contributed by atoms with Gasteiger partial charge in [-0.05, 0) is 11.8 Å². The van der Waals surface area contributed by atoms with E-state index < -0.39 is 0 Å². The number of carbonyl (C=O) groups excluding carboxylic acids is 2. The van der Waals surface area contributed by atoms with Gasteiger partial charge in [0.2, 0.25) is 11.8 Å². The van der Waals surface area contributed by atoms with Crippen molar-refractivity contribution in [2.24, 2.45) is 11.1 Å². The topological polar surface area (TPSA) is 66.6 Å². The normalized spacial score (nSPS) is 13.0. The van der Waals surface area contributed by atoms with Gasteiger partial charge in [0.1, 0.15) is 0 Å². The zero-order valence-corrected chi connectivity index (χ0v) is 13.2. The molecule has 0 saturated heterocycles. The lowest BCUT2D eigenvalue weighted by Gasteiger charge is -2.30. The van der Waals surface area contributed by atoms with E-state index in [1.165, 1.54) is 4.90 Å². The van der Waals surface area contributed by atoms with Gasteiger partial charge in [-0.2, -0.15) is 0 Å². The average Bonchev–Trinajstić information content (AvgIpc) is 2.26. The third kappa shape index (κ3) is 6.57. The summed E-state index contributed by atoms with van der Waals surface area (Å²) in [6.45, 7) is 8.76. The highest BCUT2D eigenvalue weighted by Crippen LogP contribution is 2.20. The zero-order valence-electron chi connectivity index (χ0n) is 13.2. The standard InChI is InChI=1S/C14H29N3O2/c1-7-8-17(10-13(19)16(5)6)12(18)9-11(15)14(2,3)4/h11H,7-10,15H2,1-6H3. The van der Waals surface area contributed by atoms with E-state index in [1.54, 1.807) is 19.0 Å². The molecule has 2 amide bonds. The van der Waals surface area contributed by atoms with Gasteiger partial charge < -0.3 is 15.5 Å². The highest BCUT2D eigenvalue weighted by atomic mass is 16.2. The Morgan fingerprint density at radius 1 is 1.16 bits per heavy atom. The van der Waals surface area contributed by atoms with Crippen LogP contribution in [-0.4, -0.2) is 54.8 Å².